The monoisotopic (exact) mass is 249 g/mol. The van der Waals surface area contributed by atoms with Gasteiger partial charge in [0.25, 0.3) is 0 Å². The molecule has 3 N–H and O–H groups in total. The SMILES string of the molecule is CCCC1CCN(c2cc(NN)nc(C)n2)CC1. The van der Waals surface area contributed by atoms with Gasteiger partial charge in [0.15, 0.2) is 0 Å². The minimum atomic E-state index is 0.688. The number of nitrogen functional groups attached to an aromatic ring is 1. The summed E-state index contributed by atoms with van der Waals surface area (Å²) in [6.45, 7) is 6.34. The second-order valence-corrected chi connectivity index (χ2v) is 5.02. The molecule has 5 heteroatoms. The van der Waals surface area contributed by atoms with Crippen molar-refractivity contribution in [2.75, 3.05) is 23.4 Å². The maximum Gasteiger partial charge on any atom is 0.145 e. The van der Waals surface area contributed by atoms with Gasteiger partial charge in [-0.05, 0) is 25.7 Å². The summed E-state index contributed by atoms with van der Waals surface area (Å²) in [5, 5.41) is 0. The lowest BCUT2D eigenvalue weighted by Gasteiger charge is -2.32. The fraction of sp³-hybridized carbons (Fsp3) is 0.692. The quantitative estimate of drug-likeness (QED) is 0.632. The van der Waals surface area contributed by atoms with Crippen LogP contribution in [0, 0.1) is 12.8 Å². The zero-order valence-corrected chi connectivity index (χ0v) is 11.3. The van der Waals surface area contributed by atoms with Crippen LogP contribution in [-0.2, 0) is 0 Å². The Balaban J connectivity index is 2.02. The van der Waals surface area contributed by atoms with E-state index in [1.54, 1.807) is 0 Å². The number of nitrogens with zero attached hydrogens (tertiary/aromatic N) is 3. The van der Waals surface area contributed by atoms with Crippen molar-refractivity contribution >= 4 is 11.6 Å². The van der Waals surface area contributed by atoms with Crippen LogP contribution in [0.25, 0.3) is 0 Å². The number of piperidine rings is 1. The predicted molar refractivity (Wildman–Crippen MR) is 74.4 cm³/mol. The molecule has 1 aliphatic heterocycles. The van der Waals surface area contributed by atoms with Crippen LogP contribution in [0.15, 0.2) is 6.07 Å². The molecule has 1 aliphatic rings. The Bertz CT molecular complexity index is 385. The molecular weight excluding hydrogens is 226 g/mol. The van der Waals surface area contributed by atoms with E-state index in [0.717, 1.165) is 30.6 Å². The highest BCUT2D eigenvalue weighted by molar-refractivity contribution is 5.49. The summed E-state index contributed by atoms with van der Waals surface area (Å²) < 4.78 is 0. The third-order valence-corrected chi connectivity index (χ3v) is 3.61. The van der Waals surface area contributed by atoms with Gasteiger partial charge in [-0.15, -0.1) is 0 Å². The van der Waals surface area contributed by atoms with E-state index in [1.165, 1.54) is 25.7 Å². The second-order valence-electron chi connectivity index (χ2n) is 5.02. The maximum absolute atomic E-state index is 5.42. The summed E-state index contributed by atoms with van der Waals surface area (Å²) in [6, 6.07) is 1.92. The van der Waals surface area contributed by atoms with Gasteiger partial charge in [-0.3, -0.25) is 0 Å². The number of hydrogen-bond acceptors (Lipinski definition) is 5. The highest BCUT2D eigenvalue weighted by atomic mass is 15.3. The number of anilines is 2. The Morgan fingerprint density at radius 1 is 1.39 bits per heavy atom. The average Bonchev–Trinajstić information content (AvgIpc) is 2.39. The molecule has 0 aromatic carbocycles. The van der Waals surface area contributed by atoms with E-state index < -0.39 is 0 Å². The first-order valence-electron chi connectivity index (χ1n) is 6.80. The number of hydrogen-bond donors (Lipinski definition) is 2. The van der Waals surface area contributed by atoms with Crippen molar-refractivity contribution in [3.8, 4) is 0 Å². The van der Waals surface area contributed by atoms with Crippen LogP contribution in [-0.4, -0.2) is 23.1 Å². The van der Waals surface area contributed by atoms with Crippen LogP contribution < -0.4 is 16.2 Å². The Labute approximate surface area is 109 Å². The molecule has 1 aromatic rings. The Morgan fingerprint density at radius 3 is 2.72 bits per heavy atom. The zero-order chi connectivity index (χ0) is 13.0. The molecule has 18 heavy (non-hydrogen) atoms. The number of hydrazine groups is 1. The molecule has 0 radical (unpaired) electrons. The predicted octanol–water partition coefficient (Wildman–Crippen LogP) is 2.09. The topological polar surface area (TPSA) is 67.1 Å². The molecule has 0 unspecified atom stereocenters. The van der Waals surface area contributed by atoms with Gasteiger partial charge in [-0.2, -0.15) is 0 Å². The second kappa shape index (κ2) is 6.00. The third-order valence-electron chi connectivity index (χ3n) is 3.61. The van der Waals surface area contributed by atoms with E-state index in [2.05, 4.69) is 27.2 Å². The van der Waals surface area contributed by atoms with Crippen molar-refractivity contribution in [1.29, 1.82) is 0 Å². The number of aromatic nitrogens is 2. The van der Waals surface area contributed by atoms with Gasteiger partial charge in [0, 0.05) is 19.2 Å². The number of rotatable bonds is 4. The van der Waals surface area contributed by atoms with Crippen molar-refractivity contribution in [3.63, 3.8) is 0 Å². The van der Waals surface area contributed by atoms with Crippen molar-refractivity contribution in [2.45, 2.75) is 39.5 Å². The zero-order valence-electron chi connectivity index (χ0n) is 11.3. The van der Waals surface area contributed by atoms with Gasteiger partial charge < -0.3 is 10.3 Å². The molecule has 100 valence electrons. The lowest BCUT2D eigenvalue weighted by atomic mass is 9.92. The van der Waals surface area contributed by atoms with Crippen molar-refractivity contribution in [3.05, 3.63) is 11.9 Å². The van der Waals surface area contributed by atoms with Crippen molar-refractivity contribution in [1.82, 2.24) is 9.97 Å². The lowest BCUT2D eigenvalue weighted by Crippen LogP contribution is -2.34. The molecule has 2 rings (SSSR count). The van der Waals surface area contributed by atoms with E-state index in [0.29, 0.717) is 5.82 Å². The Kier molecular flexibility index (Phi) is 4.36. The number of aryl methyl sites for hydroxylation is 1. The minimum Gasteiger partial charge on any atom is -0.356 e. The first-order valence-corrected chi connectivity index (χ1v) is 6.80. The summed E-state index contributed by atoms with van der Waals surface area (Å²) in [5.74, 6) is 8.75. The van der Waals surface area contributed by atoms with Gasteiger partial charge in [0.2, 0.25) is 0 Å². The van der Waals surface area contributed by atoms with E-state index in [1.807, 2.05) is 13.0 Å². The van der Waals surface area contributed by atoms with Crippen LogP contribution in [0.3, 0.4) is 0 Å². The Morgan fingerprint density at radius 2 is 2.11 bits per heavy atom. The highest BCUT2D eigenvalue weighted by Gasteiger charge is 2.20. The van der Waals surface area contributed by atoms with Gasteiger partial charge in [0.1, 0.15) is 17.5 Å². The summed E-state index contributed by atoms with van der Waals surface area (Å²) in [6.07, 6.45) is 5.18. The highest BCUT2D eigenvalue weighted by Crippen LogP contribution is 2.25. The maximum atomic E-state index is 5.42. The summed E-state index contributed by atoms with van der Waals surface area (Å²) >= 11 is 0. The van der Waals surface area contributed by atoms with E-state index in [9.17, 15) is 0 Å². The minimum absolute atomic E-state index is 0.688. The fourth-order valence-electron chi connectivity index (χ4n) is 2.65. The summed E-state index contributed by atoms with van der Waals surface area (Å²) in [5.41, 5.74) is 2.60. The molecular formula is C13H23N5. The molecule has 1 fully saturated rings. The standard InChI is InChI=1S/C13H23N5/c1-3-4-11-5-7-18(8-6-11)13-9-12(17-14)15-10(2)16-13/h9,11H,3-8,14H2,1-2H3,(H,15,16,17). The molecule has 0 saturated carbocycles. The van der Waals surface area contributed by atoms with Gasteiger partial charge >= 0.3 is 0 Å². The molecule has 0 spiro atoms. The molecule has 5 nitrogen and oxygen atoms in total. The van der Waals surface area contributed by atoms with E-state index in [-0.39, 0.29) is 0 Å². The van der Waals surface area contributed by atoms with Crippen LogP contribution in [0.2, 0.25) is 0 Å². The Hall–Kier alpha value is -1.36. The van der Waals surface area contributed by atoms with Gasteiger partial charge in [-0.1, -0.05) is 19.8 Å². The third kappa shape index (κ3) is 3.10. The molecule has 1 saturated heterocycles. The van der Waals surface area contributed by atoms with E-state index >= 15 is 0 Å². The van der Waals surface area contributed by atoms with Crippen LogP contribution >= 0.6 is 0 Å². The molecule has 2 heterocycles. The first kappa shape index (κ1) is 13.1. The van der Waals surface area contributed by atoms with Crippen LogP contribution in [0.1, 0.15) is 38.4 Å². The summed E-state index contributed by atoms with van der Waals surface area (Å²) in [4.78, 5) is 11.0. The fourth-order valence-corrected chi connectivity index (χ4v) is 2.65. The molecule has 0 atom stereocenters. The average molecular weight is 249 g/mol. The van der Waals surface area contributed by atoms with Crippen LogP contribution in [0.4, 0.5) is 11.6 Å². The van der Waals surface area contributed by atoms with Crippen LogP contribution in [0.5, 0.6) is 0 Å². The van der Waals surface area contributed by atoms with Crippen molar-refractivity contribution < 1.29 is 0 Å². The smallest absolute Gasteiger partial charge is 0.145 e. The number of nitrogens with one attached hydrogen (secondary N) is 1. The summed E-state index contributed by atoms with van der Waals surface area (Å²) in [7, 11) is 0. The number of nitrogens with two attached hydrogens (primary N) is 1. The first-order chi connectivity index (χ1) is 8.72. The molecule has 1 aromatic heterocycles. The normalized spacial score (nSPS) is 16.9. The lowest BCUT2D eigenvalue weighted by molar-refractivity contribution is 0.377. The van der Waals surface area contributed by atoms with Gasteiger partial charge in [-0.25, -0.2) is 15.8 Å². The van der Waals surface area contributed by atoms with E-state index in [4.69, 9.17) is 5.84 Å². The molecule has 0 aliphatic carbocycles. The van der Waals surface area contributed by atoms with Crippen molar-refractivity contribution in [2.24, 2.45) is 11.8 Å². The molecule has 0 bridgehead atoms. The molecule has 0 amide bonds. The van der Waals surface area contributed by atoms with Gasteiger partial charge in [0.05, 0.1) is 0 Å². The largest absolute Gasteiger partial charge is 0.356 e.